The van der Waals surface area contributed by atoms with Gasteiger partial charge in [0.1, 0.15) is 36.1 Å². The van der Waals surface area contributed by atoms with Gasteiger partial charge in [-0.1, -0.05) is 36.7 Å². The fourth-order valence-corrected chi connectivity index (χ4v) is 4.98. The number of hydrogen-bond donors (Lipinski definition) is 7. The number of esters is 1. The molecule has 7 N–H and O–H groups in total. The third kappa shape index (κ3) is 8.12. The molecule has 20 nitrogen and oxygen atoms in total. The van der Waals surface area contributed by atoms with Crippen molar-refractivity contribution in [2.75, 3.05) is 36.6 Å². The smallest absolute Gasteiger partial charge is 0.359 e. The van der Waals surface area contributed by atoms with E-state index in [1.165, 1.54) is 0 Å². The zero-order valence-corrected chi connectivity index (χ0v) is 24.6. The maximum absolute atomic E-state index is 13.1. The van der Waals surface area contributed by atoms with E-state index in [1.54, 1.807) is 11.8 Å². The number of ether oxygens (including phenoxy) is 2. The molecule has 0 bridgehead atoms. The molecule has 0 spiro atoms. The highest BCUT2D eigenvalue weighted by atomic mass is 35.5. The monoisotopic (exact) mass is 659 g/mol. The Labute approximate surface area is 245 Å². The summed E-state index contributed by atoms with van der Waals surface area (Å²) in [6.45, 7) is 1.82. The summed E-state index contributed by atoms with van der Waals surface area (Å²) in [6, 6.07) is 0. The van der Waals surface area contributed by atoms with E-state index in [0.29, 0.717) is 18.0 Å². The minimum absolute atomic E-state index is 0.116. The van der Waals surface area contributed by atoms with Crippen LogP contribution in [0.25, 0.3) is 0 Å². The Morgan fingerprint density at radius 3 is 2.29 bits per heavy atom. The predicted molar refractivity (Wildman–Crippen MR) is 145 cm³/mol. The largest absolute Gasteiger partial charge is 0.474 e. The van der Waals surface area contributed by atoms with Crippen LogP contribution in [0.1, 0.15) is 38.9 Å². The quantitative estimate of drug-likeness (QED) is 0.0627. The maximum atomic E-state index is 13.1. The van der Waals surface area contributed by atoms with E-state index in [2.05, 4.69) is 20.5 Å². The molecule has 1 unspecified atom stereocenters. The SMILES string of the molecule is CCCc1nc(OCCO)c2c(n1)N(C1=C(Cl)N(NS(=O)(=O)O)C(CCC)N=C1C(=O)OCCO)NN2NS(=O)(=O)O. The molecular weight excluding hydrogens is 630 g/mol. The summed E-state index contributed by atoms with van der Waals surface area (Å²) in [5, 5.41) is 20.2. The topological polar surface area (TPSA) is 269 Å². The van der Waals surface area contributed by atoms with E-state index in [9.17, 15) is 35.8 Å². The van der Waals surface area contributed by atoms with E-state index in [1.807, 2.05) is 11.8 Å². The molecule has 1 atom stereocenters. The van der Waals surface area contributed by atoms with E-state index in [0.717, 1.165) is 10.0 Å². The van der Waals surface area contributed by atoms with Crippen LogP contribution in [0.3, 0.4) is 0 Å². The van der Waals surface area contributed by atoms with Crippen molar-refractivity contribution in [3.63, 3.8) is 0 Å². The number of anilines is 2. The van der Waals surface area contributed by atoms with Gasteiger partial charge in [0.25, 0.3) is 0 Å². The van der Waals surface area contributed by atoms with Crippen molar-refractivity contribution in [1.82, 2.24) is 30.2 Å². The molecule has 1 aromatic heterocycles. The average molecular weight is 660 g/mol. The lowest BCUT2D eigenvalue weighted by molar-refractivity contribution is -0.136. The Bertz CT molecular complexity index is 1440. The molecule has 0 radical (unpaired) electrons. The van der Waals surface area contributed by atoms with Gasteiger partial charge < -0.3 is 19.7 Å². The van der Waals surface area contributed by atoms with Crippen molar-refractivity contribution in [2.45, 2.75) is 45.7 Å². The van der Waals surface area contributed by atoms with Gasteiger partial charge in [0, 0.05) is 6.42 Å². The van der Waals surface area contributed by atoms with Crippen LogP contribution in [0.2, 0.25) is 0 Å². The van der Waals surface area contributed by atoms with Crippen molar-refractivity contribution < 1.29 is 50.4 Å². The van der Waals surface area contributed by atoms with Crippen molar-refractivity contribution in [3.8, 4) is 5.88 Å². The number of aliphatic imine (C=N–C) groups is 1. The highest BCUT2D eigenvalue weighted by Crippen LogP contribution is 2.42. The third-order valence-corrected chi connectivity index (χ3v) is 6.44. The van der Waals surface area contributed by atoms with Gasteiger partial charge >= 0.3 is 26.6 Å². The summed E-state index contributed by atoms with van der Waals surface area (Å²) in [7, 11) is -9.91. The third-order valence-electron chi connectivity index (χ3n) is 5.24. The number of halogens is 1. The second kappa shape index (κ2) is 14.0. The predicted octanol–water partition coefficient (Wildman–Crippen LogP) is -1.71. The molecule has 2 aliphatic rings. The second-order valence-electron chi connectivity index (χ2n) is 8.46. The van der Waals surface area contributed by atoms with Gasteiger partial charge in [-0.05, 0) is 12.8 Å². The van der Waals surface area contributed by atoms with Crippen molar-refractivity contribution in [1.29, 1.82) is 0 Å². The number of aryl methyl sites for hydroxylation is 1. The van der Waals surface area contributed by atoms with Gasteiger partial charge in [-0.3, -0.25) is 14.1 Å². The Morgan fingerprint density at radius 1 is 1.05 bits per heavy atom. The van der Waals surface area contributed by atoms with Crippen LogP contribution in [0.4, 0.5) is 11.5 Å². The van der Waals surface area contributed by atoms with E-state index >= 15 is 0 Å². The Kier molecular flexibility index (Phi) is 11.2. The van der Waals surface area contributed by atoms with Crippen molar-refractivity contribution in [2.24, 2.45) is 4.99 Å². The molecule has 23 heteroatoms. The fraction of sp³-hybridized carbons (Fsp3) is 0.579. The molecule has 42 heavy (non-hydrogen) atoms. The van der Waals surface area contributed by atoms with E-state index in [4.69, 9.17) is 26.2 Å². The Morgan fingerprint density at radius 2 is 1.71 bits per heavy atom. The number of hydrogen-bond acceptors (Lipinski definition) is 16. The standard InChI is InChI=1S/C19H30ClN9O11S2/c1-3-5-11-21-17-15(18(22-11)39-9-7-30)29(26-42(36,37)38)24-28(17)14-13(19(32)40-10-8-31)23-12(6-4-2)27(16(14)20)25-41(33,34)35/h12,24-26,30-31H,3-10H2,1-2H3,(H,33,34,35)(H,36,37,38). The van der Waals surface area contributed by atoms with E-state index < -0.39 is 69.1 Å². The zero-order chi connectivity index (χ0) is 31.2. The molecule has 236 valence electrons. The number of nitrogens with one attached hydrogen (secondary N) is 3. The molecule has 3 rings (SSSR count). The second-order valence-corrected chi connectivity index (χ2v) is 11.1. The molecule has 0 fully saturated rings. The first-order chi connectivity index (χ1) is 19.7. The van der Waals surface area contributed by atoms with Gasteiger partial charge in [-0.2, -0.15) is 26.9 Å². The summed E-state index contributed by atoms with van der Waals surface area (Å²) in [4.78, 5) is 29.6. The summed E-state index contributed by atoms with van der Waals surface area (Å²) in [5.74, 6) is -1.45. The van der Waals surface area contributed by atoms with Crippen molar-refractivity contribution in [3.05, 3.63) is 16.7 Å². The van der Waals surface area contributed by atoms with Crippen LogP contribution < -0.4 is 30.1 Å². The Balaban J connectivity index is 2.32. The lowest BCUT2D eigenvalue weighted by Crippen LogP contribution is -2.57. The molecule has 1 aromatic rings. The first kappa shape index (κ1) is 33.6. The number of hydrazine groups is 4. The number of carbonyl (C=O) groups excluding carboxylic acids is 1. The summed E-state index contributed by atoms with van der Waals surface area (Å²) < 4.78 is 76.8. The lowest BCUT2D eigenvalue weighted by Gasteiger charge is -2.36. The molecule has 0 amide bonds. The van der Waals surface area contributed by atoms with Crippen LogP contribution in [0.5, 0.6) is 5.88 Å². The average Bonchev–Trinajstić information content (AvgIpc) is 3.23. The highest BCUT2D eigenvalue weighted by Gasteiger charge is 2.44. The van der Waals surface area contributed by atoms with Crippen LogP contribution in [-0.4, -0.2) is 95.4 Å². The van der Waals surface area contributed by atoms with Crippen LogP contribution in [0, 0.1) is 0 Å². The fourth-order valence-electron chi connectivity index (χ4n) is 3.77. The number of aliphatic hydroxyl groups excluding tert-OH is 2. The minimum atomic E-state index is -4.98. The molecule has 2 aliphatic heterocycles. The lowest BCUT2D eigenvalue weighted by atomic mass is 10.2. The summed E-state index contributed by atoms with van der Waals surface area (Å²) in [5.41, 5.74) is 1.25. The first-order valence-electron chi connectivity index (χ1n) is 12.3. The number of fused-ring (bicyclic) bond motifs is 1. The number of nitrogens with zero attached hydrogens (tertiary/aromatic N) is 6. The number of carbonyl (C=O) groups is 1. The van der Waals surface area contributed by atoms with Gasteiger partial charge in [0.15, 0.2) is 17.2 Å². The van der Waals surface area contributed by atoms with Gasteiger partial charge in [0.05, 0.1) is 13.2 Å². The molecule has 3 heterocycles. The molecule has 0 aliphatic carbocycles. The van der Waals surface area contributed by atoms with Crippen molar-refractivity contribution >= 4 is 55.4 Å². The number of rotatable bonds is 15. The molecule has 0 saturated carbocycles. The summed E-state index contributed by atoms with van der Waals surface area (Å²) in [6.07, 6.45) is 0.178. The number of aromatic nitrogens is 2. The van der Waals surface area contributed by atoms with Gasteiger partial charge in [-0.25, -0.2) is 19.8 Å². The maximum Gasteiger partial charge on any atom is 0.359 e. The molecule has 0 saturated heterocycles. The zero-order valence-electron chi connectivity index (χ0n) is 22.3. The van der Waals surface area contributed by atoms with E-state index in [-0.39, 0.29) is 42.7 Å². The van der Waals surface area contributed by atoms with Crippen LogP contribution in [0.15, 0.2) is 15.8 Å². The normalized spacial score (nSPS) is 17.5. The molecular formula is C19H30ClN9O11S2. The van der Waals surface area contributed by atoms with Gasteiger partial charge in [0.2, 0.25) is 5.88 Å². The molecule has 0 aromatic carbocycles. The highest BCUT2D eigenvalue weighted by molar-refractivity contribution is 7.84. The summed E-state index contributed by atoms with van der Waals surface area (Å²) >= 11 is 6.64. The van der Waals surface area contributed by atoms with Gasteiger partial charge in [-0.15, -0.1) is 10.4 Å². The number of aliphatic hydroxyl groups is 2. The first-order valence-corrected chi connectivity index (χ1v) is 15.6. The van der Waals surface area contributed by atoms with Crippen LogP contribution >= 0.6 is 11.6 Å². The minimum Gasteiger partial charge on any atom is -0.474 e. The Hall–Kier alpha value is -2.93. The van der Waals surface area contributed by atoms with Crippen LogP contribution in [-0.2, 0) is 36.6 Å².